The van der Waals surface area contributed by atoms with Crippen molar-refractivity contribution in [1.82, 2.24) is 4.90 Å². The SMILES string of the molecule is CN(C(=O)c1cccc(N)c1Br)C1CCSC1. The van der Waals surface area contributed by atoms with E-state index in [2.05, 4.69) is 15.9 Å². The van der Waals surface area contributed by atoms with Crippen LogP contribution < -0.4 is 5.73 Å². The molecule has 3 nitrogen and oxygen atoms in total. The predicted octanol–water partition coefficient (Wildman–Crippen LogP) is 2.61. The van der Waals surface area contributed by atoms with Gasteiger partial charge in [-0.15, -0.1) is 0 Å². The summed E-state index contributed by atoms with van der Waals surface area (Å²) in [6, 6.07) is 5.75. The van der Waals surface area contributed by atoms with Crippen LogP contribution in [0.2, 0.25) is 0 Å². The van der Waals surface area contributed by atoms with E-state index in [-0.39, 0.29) is 5.91 Å². The van der Waals surface area contributed by atoms with Crippen LogP contribution in [0.4, 0.5) is 5.69 Å². The van der Waals surface area contributed by atoms with Gasteiger partial charge < -0.3 is 10.6 Å². The third kappa shape index (κ3) is 2.60. The number of hydrogen-bond donors (Lipinski definition) is 1. The van der Waals surface area contributed by atoms with E-state index in [1.54, 1.807) is 12.1 Å². The maximum Gasteiger partial charge on any atom is 0.255 e. The summed E-state index contributed by atoms with van der Waals surface area (Å²) in [5.41, 5.74) is 7.04. The van der Waals surface area contributed by atoms with E-state index < -0.39 is 0 Å². The number of hydrogen-bond acceptors (Lipinski definition) is 3. The Balaban J connectivity index is 2.21. The van der Waals surface area contributed by atoms with Crippen molar-refractivity contribution in [3.05, 3.63) is 28.2 Å². The highest BCUT2D eigenvalue weighted by atomic mass is 79.9. The first-order chi connectivity index (χ1) is 8.11. The number of thioether (sulfide) groups is 1. The van der Waals surface area contributed by atoms with E-state index in [0.29, 0.717) is 21.8 Å². The Morgan fingerprint density at radius 2 is 2.35 bits per heavy atom. The Morgan fingerprint density at radius 1 is 1.59 bits per heavy atom. The molecule has 17 heavy (non-hydrogen) atoms. The van der Waals surface area contributed by atoms with Crippen molar-refractivity contribution in [1.29, 1.82) is 0 Å². The smallest absolute Gasteiger partial charge is 0.255 e. The van der Waals surface area contributed by atoms with Crippen LogP contribution in [0.15, 0.2) is 22.7 Å². The van der Waals surface area contributed by atoms with Crippen molar-refractivity contribution >= 4 is 39.3 Å². The van der Waals surface area contributed by atoms with E-state index in [0.717, 1.165) is 17.9 Å². The number of nitrogens with two attached hydrogens (primary N) is 1. The van der Waals surface area contributed by atoms with E-state index in [4.69, 9.17) is 5.73 Å². The summed E-state index contributed by atoms with van der Waals surface area (Å²) in [7, 11) is 1.87. The maximum atomic E-state index is 12.3. The molecule has 2 N–H and O–H groups in total. The topological polar surface area (TPSA) is 46.3 Å². The van der Waals surface area contributed by atoms with Crippen molar-refractivity contribution in [3.8, 4) is 0 Å². The van der Waals surface area contributed by atoms with Gasteiger partial charge in [0.1, 0.15) is 0 Å². The maximum absolute atomic E-state index is 12.3. The zero-order valence-electron chi connectivity index (χ0n) is 9.65. The monoisotopic (exact) mass is 314 g/mol. The lowest BCUT2D eigenvalue weighted by Gasteiger charge is -2.24. The van der Waals surface area contributed by atoms with E-state index in [1.807, 2.05) is 29.8 Å². The summed E-state index contributed by atoms with van der Waals surface area (Å²) in [4.78, 5) is 14.2. The second-order valence-corrected chi connectivity index (χ2v) is 6.09. The van der Waals surface area contributed by atoms with Gasteiger partial charge in [0.2, 0.25) is 0 Å². The standard InChI is InChI=1S/C12H15BrN2OS/c1-15(8-5-6-17-7-8)12(16)9-3-2-4-10(14)11(9)13/h2-4,8H,5-7,14H2,1H3. The third-order valence-corrected chi connectivity index (χ3v) is 5.06. The highest BCUT2D eigenvalue weighted by Crippen LogP contribution is 2.27. The summed E-state index contributed by atoms with van der Waals surface area (Å²) in [6.07, 6.45) is 1.08. The van der Waals surface area contributed by atoms with Gasteiger partial charge >= 0.3 is 0 Å². The number of anilines is 1. The fourth-order valence-electron chi connectivity index (χ4n) is 1.90. The molecule has 1 saturated heterocycles. The molecule has 0 saturated carbocycles. The molecule has 1 aromatic carbocycles. The number of nitrogens with zero attached hydrogens (tertiary/aromatic N) is 1. The summed E-state index contributed by atoms with van der Waals surface area (Å²) >= 11 is 5.28. The minimum absolute atomic E-state index is 0.0386. The van der Waals surface area contributed by atoms with Crippen LogP contribution in [0.25, 0.3) is 0 Å². The molecular weight excluding hydrogens is 300 g/mol. The van der Waals surface area contributed by atoms with Crippen molar-refractivity contribution in [2.45, 2.75) is 12.5 Å². The molecule has 5 heteroatoms. The zero-order chi connectivity index (χ0) is 12.4. The predicted molar refractivity (Wildman–Crippen MR) is 76.4 cm³/mol. The van der Waals surface area contributed by atoms with Crippen LogP contribution in [0.3, 0.4) is 0 Å². The molecule has 0 radical (unpaired) electrons. The second-order valence-electron chi connectivity index (χ2n) is 4.14. The van der Waals surface area contributed by atoms with E-state index in [1.165, 1.54) is 0 Å². The van der Waals surface area contributed by atoms with Crippen LogP contribution in [0, 0.1) is 0 Å². The van der Waals surface area contributed by atoms with Crippen LogP contribution in [-0.4, -0.2) is 35.4 Å². The third-order valence-electron chi connectivity index (χ3n) is 3.03. The highest BCUT2D eigenvalue weighted by molar-refractivity contribution is 9.10. The Kier molecular flexibility index (Phi) is 3.99. The molecule has 0 aliphatic carbocycles. The molecule has 1 aliphatic heterocycles. The van der Waals surface area contributed by atoms with Crippen LogP contribution in [0.5, 0.6) is 0 Å². The van der Waals surface area contributed by atoms with Gasteiger partial charge in [-0.3, -0.25) is 4.79 Å². The van der Waals surface area contributed by atoms with Crippen molar-refractivity contribution < 1.29 is 4.79 Å². The molecule has 0 spiro atoms. The minimum Gasteiger partial charge on any atom is -0.398 e. The molecule has 0 bridgehead atoms. The van der Waals surface area contributed by atoms with Crippen molar-refractivity contribution in [2.24, 2.45) is 0 Å². The molecule has 1 unspecified atom stereocenters. The van der Waals surface area contributed by atoms with Crippen LogP contribution in [-0.2, 0) is 0 Å². The van der Waals surface area contributed by atoms with Crippen LogP contribution in [0.1, 0.15) is 16.8 Å². The first-order valence-corrected chi connectivity index (χ1v) is 7.45. The number of carbonyl (C=O) groups excluding carboxylic acids is 1. The first kappa shape index (κ1) is 12.8. The summed E-state index contributed by atoms with van der Waals surface area (Å²) in [6.45, 7) is 0. The largest absolute Gasteiger partial charge is 0.398 e. The molecule has 1 heterocycles. The van der Waals surface area contributed by atoms with E-state index >= 15 is 0 Å². The molecule has 1 aromatic rings. The van der Waals surface area contributed by atoms with E-state index in [9.17, 15) is 4.79 Å². The molecular formula is C12H15BrN2OS. The number of nitrogen functional groups attached to an aromatic ring is 1. The van der Waals surface area contributed by atoms with Gasteiger partial charge in [0.15, 0.2) is 0 Å². The van der Waals surface area contributed by atoms with Gasteiger partial charge in [-0.05, 0) is 40.2 Å². The molecule has 2 rings (SSSR count). The van der Waals surface area contributed by atoms with Gasteiger partial charge in [-0.25, -0.2) is 0 Å². The molecule has 1 aliphatic rings. The number of benzene rings is 1. The molecule has 1 atom stereocenters. The molecule has 1 fully saturated rings. The number of halogens is 1. The number of carbonyl (C=O) groups is 1. The van der Waals surface area contributed by atoms with Gasteiger partial charge in [0, 0.05) is 24.5 Å². The average molecular weight is 315 g/mol. The van der Waals surface area contributed by atoms with Gasteiger partial charge in [0.25, 0.3) is 5.91 Å². The lowest BCUT2D eigenvalue weighted by molar-refractivity contribution is 0.0747. The highest BCUT2D eigenvalue weighted by Gasteiger charge is 2.25. The summed E-state index contributed by atoms with van der Waals surface area (Å²) < 4.78 is 0.697. The number of amides is 1. The Labute approximate surface area is 114 Å². The lowest BCUT2D eigenvalue weighted by atomic mass is 10.1. The summed E-state index contributed by atoms with van der Waals surface area (Å²) in [5.74, 6) is 2.21. The Morgan fingerprint density at radius 3 is 3.00 bits per heavy atom. The van der Waals surface area contributed by atoms with Gasteiger partial charge in [-0.2, -0.15) is 11.8 Å². The van der Waals surface area contributed by atoms with Crippen molar-refractivity contribution in [2.75, 3.05) is 24.3 Å². The average Bonchev–Trinajstić information content (AvgIpc) is 2.84. The normalized spacial score (nSPS) is 19.3. The molecule has 1 amide bonds. The Hall–Kier alpha value is -0.680. The van der Waals surface area contributed by atoms with Gasteiger partial charge in [-0.1, -0.05) is 6.07 Å². The fraction of sp³-hybridized carbons (Fsp3) is 0.417. The lowest BCUT2D eigenvalue weighted by Crippen LogP contribution is -2.37. The molecule has 92 valence electrons. The second kappa shape index (κ2) is 5.31. The van der Waals surface area contributed by atoms with Crippen LogP contribution >= 0.6 is 27.7 Å². The van der Waals surface area contributed by atoms with Crippen molar-refractivity contribution in [3.63, 3.8) is 0 Å². The summed E-state index contributed by atoms with van der Waals surface area (Å²) in [5, 5.41) is 0. The number of rotatable bonds is 2. The zero-order valence-corrected chi connectivity index (χ0v) is 12.1. The quantitative estimate of drug-likeness (QED) is 0.854. The molecule has 0 aromatic heterocycles. The fourth-order valence-corrected chi connectivity index (χ4v) is 3.60. The first-order valence-electron chi connectivity index (χ1n) is 5.50. The minimum atomic E-state index is 0.0386. The Bertz CT molecular complexity index is 433. The van der Waals surface area contributed by atoms with Gasteiger partial charge in [0.05, 0.1) is 10.0 Å².